The van der Waals surface area contributed by atoms with Crippen molar-refractivity contribution in [3.8, 4) is 5.69 Å². The highest BCUT2D eigenvalue weighted by molar-refractivity contribution is 5.30. The van der Waals surface area contributed by atoms with Crippen molar-refractivity contribution in [3.05, 3.63) is 48.3 Å². The number of hydrogen-bond acceptors (Lipinski definition) is 4. The van der Waals surface area contributed by atoms with Gasteiger partial charge in [0.05, 0.1) is 18.0 Å². The van der Waals surface area contributed by atoms with Crippen LogP contribution in [-0.4, -0.2) is 65.0 Å². The Morgan fingerprint density at radius 1 is 1.04 bits per heavy atom. The zero-order valence-corrected chi connectivity index (χ0v) is 14.2. The summed E-state index contributed by atoms with van der Waals surface area (Å²) in [5, 5.41) is 4.50. The quantitative estimate of drug-likeness (QED) is 0.843. The minimum Gasteiger partial charge on any atom is -0.377 e. The molecule has 0 saturated carbocycles. The van der Waals surface area contributed by atoms with Crippen LogP contribution in [0.1, 0.15) is 18.4 Å². The monoisotopic (exact) mass is 326 g/mol. The first-order valence-electron chi connectivity index (χ1n) is 9.02. The SMILES string of the molecule is c1ccc(-n2cc(CN3CCN(CC4CCCO4)CC3)cn2)cc1. The lowest BCUT2D eigenvalue weighted by atomic mass is 10.2. The van der Waals surface area contributed by atoms with Crippen LogP contribution in [0.3, 0.4) is 0 Å². The average Bonchev–Trinajstić information content (AvgIpc) is 3.29. The Morgan fingerprint density at radius 2 is 1.83 bits per heavy atom. The summed E-state index contributed by atoms with van der Waals surface area (Å²) in [6.45, 7) is 7.60. The van der Waals surface area contributed by atoms with Gasteiger partial charge in [-0.3, -0.25) is 9.80 Å². The molecule has 2 saturated heterocycles. The van der Waals surface area contributed by atoms with Crippen LogP contribution in [0.2, 0.25) is 0 Å². The smallest absolute Gasteiger partial charge is 0.0702 e. The van der Waals surface area contributed by atoms with Gasteiger partial charge in [-0.25, -0.2) is 4.68 Å². The fraction of sp³-hybridized carbons (Fsp3) is 0.526. The lowest BCUT2D eigenvalue weighted by molar-refractivity contribution is 0.0489. The second kappa shape index (κ2) is 7.47. The van der Waals surface area contributed by atoms with E-state index >= 15 is 0 Å². The highest BCUT2D eigenvalue weighted by atomic mass is 16.5. The molecule has 2 aliphatic heterocycles. The van der Waals surface area contributed by atoms with Gasteiger partial charge >= 0.3 is 0 Å². The van der Waals surface area contributed by atoms with Gasteiger partial charge in [0.15, 0.2) is 0 Å². The number of rotatable bonds is 5. The molecule has 5 heteroatoms. The number of aromatic nitrogens is 2. The van der Waals surface area contributed by atoms with Crippen molar-refractivity contribution in [2.24, 2.45) is 0 Å². The van der Waals surface area contributed by atoms with Crippen LogP contribution in [0.25, 0.3) is 5.69 Å². The van der Waals surface area contributed by atoms with E-state index in [2.05, 4.69) is 33.2 Å². The molecule has 0 radical (unpaired) electrons. The van der Waals surface area contributed by atoms with E-state index in [1.165, 1.54) is 18.4 Å². The molecule has 128 valence electrons. The highest BCUT2D eigenvalue weighted by Gasteiger charge is 2.22. The van der Waals surface area contributed by atoms with Crippen molar-refractivity contribution in [1.82, 2.24) is 19.6 Å². The van der Waals surface area contributed by atoms with Gasteiger partial charge in [0.2, 0.25) is 0 Å². The summed E-state index contributed by atoms with van der Waals surface area (Å²) in [7, 11) is 0. The highest BCUT2D eigenvalue weighted by Crippen LogP contribution is 2.15. The van der Waals surface area contributed by atoms with Gasteiger partial charge < -0.3 is 4.74 Å². The molecular formula is C19H26N4O. The molecule has 2 aliphatic rings. The first-order valence-corrected chi connectivity index (χ1v) is 9.02. The van der Waals surface area contributed by atoms with E-state index in [1.807, 2.05) is 29.1 Å². The minimum atomic E-state index is 0.473. The lowest BCUT2D eigenvalue weighted by Gasteiger charge is -2.35. The third-order valence-electron chi connectivity index (χ3n) is 5.01. The van der Waals surface area contributed by atoms with Gasteiger partial charge in [0, 0.05) is 57.6 Å². The summed E-state index contributed by atoms with van der Waals surface area (Å²) in [6, 6.07) is 10.3. The fourth-order valence-electron chi connectivity index (χ4n) is 3.63. The normalized spacial score (nSPS) is 22.9. The van der Waals surface area contributed by atoms with Crippen molar-refractivity contribution in [1.29, 1.82) is 0 Å². The molecule has 0 spiro atoms. The molecule has 2 aromatic rings. The van der Waals surface area contributed by atoms with Gasteiger partial charge in [-0.15, -0.1) is 0 Å². The molecule has 24 heavy (non-hydrogen) atoms. The van der Waals surface area contributed by atoms with E-state index in [0.717, 1.165) is 51.6 Å². The predicted molar refractivity (Wildman–Crippen MR) is 94.3 cm³/mol. The van der Waals surface area contributed by atoms with Crippen LogP contribution in [0, 0.1) is 0 Å². The number of piperazine rings is 1. The van der Waals surface area contributed by atoms with Gasteiger partial charge in [0.1, 0.15) is 0 Å². The molecular weight excluding hydrogens is 300 g/mol. The standard InChI is InChI=1S/C19H26N4O/c1-2-5-18(6-3-1)23-15-17(13-20-23)14-21-8-10-22(11-9-21)16-19-7-4-12-24-19/h1-3,5-6,13,15,19H,4,7-12,14,16H2. The maximum absolute atomic E-state index is 5.76. The molecule has 2 fully saturated rings. The molecule has 0 bridgehead atoms. The van der Waals surface area contributed by atoms with E-state index in [1.54, 1.807) is 0 Å². The summed E-state index contributed by atoms with van der Waals surface area (Å²) < 4.78 is 7.72. The van der Waals surface area contributed by atoms with E-state index in [-0.39, 0.29) is 0 Å². The molecule has 5 nitrogen and oxygen atoms in total. The van der Waals surface area contributed by atoms with Gasteiger partial charge in [-0.05, 0) is 25.0 Å². The van der Waals surface area contributed by atoms with Crippen molar-refractivity contribution in [3.63, 3.8) is 0 Å². The molecule has 0 amide bonds. The minimum absolute atomic E-state index is 0.473. The number of para-hydroxylation sites is 1. The van der Waals surface area contributed by atoms with Crippen molar-refractivity contribution >= 4 is 0 Å². The van der Waals surface area contributed by atoms with Crippen molar-refractivity contribution in [2.45, 2.75) is 25.5 Å². The van der Waals surface area contributed by atoms with Crippen LogP contribution in [0.15, 0.2) is 42.7 Å². The van der Waals surface area contributed by atoms with E-state index < -0.39 is 0 Å². The Bertz CT molecular complexity index is 628. The molecule has 1 aromatic heterocycles. The largest absolute Gasteiger partial charge is 0.377 e. The number of nitrogens with zero attached hydrogens (tertiary/aromatic N) is 4. The zero-order chi connectivity index (χ0) is 16.2. The average molecular weight is 326 g/mol. The van der Waals surface area contributed by atoms with Crippen molar-refractivity contribution < 1.29 is 4.74 Å². The molecule has 1 atom stereocenters. The maximum Gasteiger partial charge on any atom is 0.0702 e. The van der Waals surface area contributed by atoms with Gasteiger partial charge in [0.25, 0.3) is 0 Å². The maximum atomic E-state index is 5.76. The Labute approximate surface area is 143 Å². The Morgan fingerprint density at radius 3 is 2.58 bits per heavy atom. The van der Waals surface area contributed by atoms with E-state index in [9.17, 15) is 0 Å². The summed E-state index contributed by atoms with van der Waals surface area (Å²) >= 11 is 0. The number of benzene rings is 1. The molecule has 4 rings (SSSR count). The Balaban J connectivity index is 1.27. The van der Waals surface area contributed by atoms with Crippen LogP contribution in [0.4, 0.5) is 0 Å². The molecule has 1 unspecified atom stereocenters. The zero-order valence-electron chi connectivity index (χ0n) is 14.2. The van der Waals surface area contributed by atoms with Crippen LogP contribution >= 0.6 is 0 Å². The Hall–Kier alpha value is -1.69. The predicted octanol–water partition coefficient (Wildman–Crippen LogP) is 2.17. The van der Waals surface area contributed by atoms with Crippen LogP contribution in [0.5, 0.6) is 0 Å². The molecule has 1 aromatic carbocycles. The van der Waals surface area contributed by atoms with Crippen molar-refractivity contribution in [2.75, 3.05) is 39.3 Å². The Kier molecular flexibility index (Phi) is 4.92. The first kappa shape index (κ1) is 15.8. The number of ether oxygens (including phenoxy) is 1. The molecule has 3 heterocycles. The summed E-state index contributed by atoms with van der Waals surface area (Å²) in [5.74, 6) is 0. The molecule has 0 aliphatic carbocycles. The van der Waals surface area contributed by atoms with Gasteiger partial charge in [-0.2, -0.15) is 5.10 Å². The van der Waals surface area contributed by atoms with E-state index in [0.29, 0.717) is 6.10 Å². The van der Waals surface area contributed by atoms with Crippen LogP contribution in [-0.2, 0) is 11.3 Å². The van der Waals surface area contributed by atoms with E-state index in [4.69, 9.17) is 4.74 Å². The second-order valence-corrected chi connectivity index (χ2v) is 6.84. The summed E-state index contributed by atoms with van der Waals surface area (Å²) in [4.78, 5) is 5.08. The molecule has 0 N–H and O–H groups in total. The second-order valence-electron chi connectivity index (χ2n) is 6.84. The number of hydrogen-bond donors (Lipinski definition) is 0. The third kappa shape index (κ3) is 3.86. The van der Waals surface area contributed by atoms with Gasteiger partial charge in [-0.1, -0.05) is 18.2 Å². The third-order valence-corrected chi connectivity index (χ3v) is 5.01. The summed E-state index contributed by atoms with van der Waals surface area (Å²) in [5.41, 5.74) is 2.40. The lowest BCUT2D eigenvalue weighted by Crippen LogP contribution is -2.48. The van der Waals surface area contributed by atoms with Crippen LogP contribution < -0.4 is 0 Å². The summed E-state index contributed by atoms with van der Waals surface area (Å²) in [6.07, 6.45) is 7.08. The fourth-order valence-corrected chi connectivity index (χ4v) is 3.63. The topological polar surface area (TPSA) is 33.5 Å². The first-order chi connectivity index (χ1) is 11.9.